The Labute approximate surface area is 154 Å². The van der Waals surface area contributed by atoms with Crippen LogP contribution in [-0.4, -0.2) is 23.9 Å². The molecule has 5 rings (SSSR count). The quantitative estimate of drug-likeness (QED) is 0.402. The van der Waals surface area contributed by atoms with Crippen molar-refractivity contribution in [2.24, 2.45) is 0 Å². The van der Waals surface area contributed by atoms with Crippen molar-refractivity contribution >= 4 is 27.8 Å². The summed E-state index contributed by atoms with van der Waals surface area (Å²) in [5.74, 6) is 0. The molecule has 4 aromatic carbocycles. The Morgan fingerprint density at radius 3 is 2.08 bits per heavy atom. The maximum Gasteiger partial charge on any atom is 0.171 e. The summed E-state index contributed by atoms with van der Waals surface area (Å²) in [5.41, 5.74) is 4.00. The van der Waals surface area contributed by atoms with E-state index in [-0.39, 0.29) is 0 Å². The summed E-state index contributed by atoms with van der Waals surface area (Å²) in [6, 6.07) is 28.6. The van der Waals surface area contributed by atoms with Crippen molar-refractivity contribution in [2.45, 2.75) is 12.8 Å². The molecule has 1 aliphatic rings. The van der Waals surface area contributed by atoms with Gasteiger partial charge in [-0.3, -0.25) is 0 Å². The minimum Gasteiger partial charge on any atom is -0.235 e. The van der Waals surface area contributed by atoms with Gasteiger partial charge in [0.1, 0.15) is 13.1 Å². The minimum atomic E-state index is 1.17. The second kappa shape index (κ2) is 6.42. The van der Waals surface area contributed by atoms with Gasteiger partial charge in [0.15, 0.2) is 6.21 Å². The molecule has 26 heavy (non-hydrogen) atoms. The molecule has 1 heteroatoms. The molecule has 1 nitrogen and oxygen atoms in total. The third kappa shape index (κ3) is 2.61. The van der Waals surface area contributed by atoms with Gasteiger partial charge in [-0.15, -0.1) is 0 Å². The first-order valence-electron chi connectivity index (χ1n) is 9.49. The van der Waals surface area contributed by atoms with Crippen LogP contribution in [0.2, 0.25) is 0 Å². The van der Waals surface area contributed by atoms with E-state index in [1.165, 1.54) is 64.2 Å². The second-order valence-corrected chi connectivity index (χ2v) is 7.15. The van der Waals surface area contributed by atoms with Crippen molar-refractivity contribution in [3.05, 3.63) is 84.4 Å². The summed E-state index contributed by atoms with van der Waals surface area (Å²) in [6.07, 6.45) is 4.97. The number of fused-ring (bicyclic) bond motifs is 2. The van der Waals surface area contributed by atoms with Gasteiger partial charge < -0.3 is 0 Å². The molecule has 0 radical (unpaired) electrons. The predicted octanol–water partition coefficient (Wildman–Crippen LogP) is 5.89. The summed E-state index contributed by atoms with van der Waals surface area (Å²) in [6.45, 7) is 2.34. The molecule has 1 heterocycles. The zero-order valence-corrected chi connectivity index (χ0v) is 14.9. The first kappa shape index (κ1) is 15.3. The summed E-state index contributed by atoms with van der Waals surface area (Å²) >= 11 is 0. The van der Waals surface area contributed by atoms with Crippen LogP contribution >= 0.6 is 0 Å². The van der Waals surface area contributed by atoms with Crippen LogP contribution in [0.1, 0.15) is 18.4 Å². The third-order valence-corrected chi connectivity index (χ3v) is 5.48. The Bertz CT molecular complexity index is 1120. The average Bonchev–Trinajstić information content (AvgIpc) is 3.21. The molecule has 4 aromatic rings. The summed E-state index contributed by atoms with van der Waals surface area (Å²) in [7, 11) is 0. The number of nitrogens with zero attached hydrogens (tertiary/aromatic N) is 1. The van der Waals surface area contributed by atoms with E-state index in [1.807, 2.05) is 0 Å². The Kier molecular flexibility index (Phi) is 3.79. The van der Waals surface area contributed by atoms with Crippen LogP contribution in [0.4, 0.5) is 0 Å². The van der Waals surface area contributed by atoms with Crippen molar-refractivity contribution in [3.8, 4) is 11.1 Å². The SMILES string of the molecule is C(c1ccc2ccccc2c1-c1cccc2ccccc12)=[N+]1CCCC1. The second-order valence-electron chi connectivity index (χ2n) is 7.15. The zero-order valence-electron chi connectivity index (χ0n) is 14.9. The van der Waals surface area contributed by atoms with Gasteiger partial charge in [0.05, 0.1) is 0 Å². The lowest BCUT2D eigenvalue weighted by Gasteiger charge is -2.13. The molecule has 0 amide bonds. The molecular formula is C25H22N+. The molecule has 0 unspecified atom stereocenters. The zero-order chi connectivity index (χ0) is 17.3. The number of rotatable bonds is 2. The van der Waals surface area contributed by atoms with E-state index in [4.69, 9.17) is 0 Å². The van der Waals surface area contributed by atoms with E-state index in [2.05, 4.69) is 89.7 Å². The van der Waals surface area contributed by atoms with Gasteiger partial charge in [-0.1, -0.05) is 72.8 Å². The molecule has 0 saturated carbocycles. The third-order valence-electron chi connectivity index (χ3n) is 5.48. The summed E-state index contributed by atoms with van der Waals surface area (Å²) < 4.78 is 2.47. The van der Waals surface area contributed by atoms with Crippen LogP contribution in [0.5, 0.6) is 0 Å². The summed E-state index contributed by atoms with van der Waals surface area (Å²) in [4.78, 5) is 0. The number of benzene rings is 4. The first-order valence-corrected chi connectivity index (χ1v) is 9.49. The maximum absolute atomic E-state index is 2.47. The molecule has 0 spiro atoms. The topological polar surface area (TPSA) is 3.01 Å². The fraction of sp³-hybridized carbons (Fsp3) is 0.160. The van der Waals surface area contributed by atoms with Crippen molar-refractivity contribution in [2.75, 3.05) is 13.1 Å². The van der Waals surface area contributed by atoms with E-state index in [9.17, 15) is 0 Å². The predicted molar refractivity (Wildman–Crippen MR) is 111 cm³/mol. The Morgan fingerprint density at radius 2 is 1.27 bits per heavy atom. The van der Waals surface area contributed by atoms with Crippen molar-refractivity contribution in [1.82, 2.24) is 0 Å². The molecule has 1 aliphatic heterocycles. The highest BCUT2D eigenvalue weighted by Crippen LogP contribution is 2.36. The number of hydrogen-bond donors (Lipinski definition) is 0. The Hall–Kier alpha value is -2.93. The van der Waals surface area contributed by atoms with Crippen LogP contribution in [0.15, 0.2) is 78.9 Å². The van der Waals surface area contributed by atoms with Crippen LogP contribution in [0.3, 0.4) is 0 Å². The highest BCUT2D eigenvalue weighted by atomic mass is 15.0. The van der Waals surface area contributed by atoms with E-state index in [0.717, 1.165) is 0 Å². The smallest absolute Gasteiger partial charge is 0.171 e. The molecule has 0 N–H and O–H groups in total. The van der Waals surface area contributed by atoms with E-state index in [1.54, 1.807) is 0 Å². The van der Waals surface area contributed by atoms with Crippen LogP contribution in [0, 0.1) is 0 Å². The molecule has 126 valence electrons. The van der Waals surface area contributed by atoms with Gasteiger partial charge in [-0.2, -0.15) is 0 Å². The highest BCUT2D eigenvalue weighted by molar-refractivity contribution is 6.10. The first-order chi connectivity index (χ1) is 12.9. The van der Waals surface area contributed by atoms with Crippen molar-refractivity contribution in [3.63, 3.8) is 0 Å². The monoisotopic (exact) mass is 336 g/mol. The molecule has 0 aliphatic carbocycles. The lowest BCUT2D eigenvalue weighted by Crippen LogP contribution is -2.09. The molecule has 0 aromatic heterocycles. The van der Waals surface area contributed by atoms with Crippen molar-refractivity contribution in [1.29, 1.82) is 0 Å². The van der Waals surface area contributed by atoms with E-state index >= 15 is 0 Å². The van der Waals surface area contributed by atoms with Gasteiger partial charge in [0.2, 0.25) is 0 Å². The fourth-order valence-electron chi connectivity index (χ4n) is 4.21. The normalized spacial score (nSPS) is 14.2. The molecule has 1 saturated heterocycles. The van der Waals surface area contributed by atoms with Crippen molar-refractivity contribution < 1.29 is 4.58 Å². The van der Waals surface area contributed by atoms with Gasteiger partial charge >= 0.3 is 0 Å². The van der Waals surface area contributed by atoms with E-state index in [0.29, 0.717) is 0 Å². The van der Waals surface area contributed by atoms with Gasteiger partial charge in [-0.25, -0.2) is 4.58 Å². The van der Waals surface area contributed by atoms with E-state index < -0.39 is 0 Å². The lowest BCUT2D eigenvalue weighted by atomic mass is 9.90. The van der Waals surface area contributed by atoms with Gasteiger partial charge in [-0.05, 0) is 33.2 Å². The maximum atomic E-state index is 2.47. The minimum absolute atomic E-state index is 1.17. The van der Waals surface area contributed by atoms with Crippen LogP contribution < -0.4 is 0 Å². The van der Waals surface area contributed by atoms with Gasteiger partial charge in [0, 0.05) is 24.0 Å². The van der Waals surface area contributed by atoms with Crippen LogP contribution in [0.25, 0.3) is 32.7 Å². The standard InChI is InChI=1S/C25H22N/c1-3-11-22-19(8-1)10-7-13-24(22)25-21(18-26-16-5-6-17-26)15-14-20-9-2-4-12-23(20)25/h1-4,7-15,18H,5-6,16-17H2/q+1. The molecular weight excluding hydrogens is 314 g/mol. The number of hydrogen-bond acceptors (Lipinski definition) is 0. The lowest BCUT2D eigenvalue weighted by molar-refractivity contribution is -0.500. The fourth-order valence-corrected chi connectivity index (χ4v) is 4.21. The Balaban J connectivity index is 1.86. The molecule has 1 fully saturated rings. The average molecular weight is 336 g/mol. The Morgan fingerprint density at radius 1 is 0.615 bits per heavy atom. The van der Waals surface area contributed by atoms with Gasteiger partial charge in [0.25, 0.3) is 0 Å². The highest BCUT2D eigenvalue weighted by Gasteiger charge is 2.17. The van der Waals surface area contributed by atoms with Crippen LogP contribution in [-0.2, 0) is 0 Å². The molecule has 0 atom stereocenters. The largest absolute Gasteiger partial charge is 0.235 e. The summed E-state index contributed by atoms with van der Waals surface area (Å²) in [5, 5.41) is 5.25. The molecule has 0 bridgehead atoms.